The summed E-state index contributed by atoms with van der Waals surface area (Å²) in [7, 11) is 1.51. The lowest BCUT2D eigenvalue weighted by atomic mass is 11.1. The molecule has 0 aliphatic rings. The van der Waals surface area contributed by atoms with Gasteiger partial charge < -0.3 is 11.5 Å². The van der Waals surface area contributed by atoms with Gasteiger partial charge in [-0.3, -0.25) is 0 Å². The number of nitro groups is 1. The molecule has 0 saturated carbocycles. The van der Waals surface area contributed by atoms with Crippen LogP contribution in [0.1, 0.15) is 0 Å². The number of carbonyl (C=O) groups excluding carboxylic acids is 1. The molecule has 5 N–H and O–H groups in total. The molecule has 14 heavy (non-hydrogen) atoms. The molecular formula is C3H8N8O3. The molecule has 0 aromatic carbocycles. The number of hydrazine groups is 1. The quantitative estimate of drug-likeness (QED) is 0.363. The average Bonchev–Trinajstić information content (AvgIpc) is 2.32. The van der Waals surface area contributed by atoms with Gasteiger partial charge in [0.1, 0.15) is 0 Å². The number of hydrogen-bond acceptors (Lipinski definition) is 6. The monoisotopic (exact) mass is 204 g/mol. The Balaban J connectivity index is 0.000000364. The lowest BCUT2D eigenvalue weighted by molar-refractivity contribution is -0.446. The minimum absolute atomic E-state index is 0.118. The van der Waals surface area contributed by atoms with Crippen LogP contribution in [0.15, 0.2) is 0 Å². The molecule has 0 saturated heterocycles. The Morgan fingerprint density at radius 2 is 2.14 bits per heavy atom. The molecule has 0 unspecified atom stereocenters. The van der Waals surface area contributed by atoms with Crippen LogP contribution in [0.2, 0.25) is 0 Å². The molecule has 0 atom stereocenters. The predicted molar refractivity (Wildman–Crippen MR) is 43.2 cm³/mol. The number of amides is 2. The van der Waals surface area contributed by atoms with Crippen LogP contribution in [0.3, 0.4) is 0 Å². The van der Waals surface area contributed by atoms with Crippen LogP contribution in [0.25, 0.3) is 0 Å². The highest BCUT2D eigenvalue weighted by Gasteiger charge is 2.03. The fraction of sp³-hybridized carbons (Fsp3) is 0.333. The number of hydrogen-bond donors (Lipinski definition) is 3. The van der Waals surface area contributed by atoms with E-state index in [4.69, 9.17) is 4.79 Å². The van der Waals surface area contributed by atoms with Crippen LogP contribution >= 0.6 is 0 Å². The number of carbonyl (C=O) groups is 1. The molecule has 11 heteroatoms. The maximum Gasteiger partial charge on any atom is 0.323 e. The van der Waals surface area contributed by atoms with Crippen LogP contribution < -0.4 is 16.9 Å². The third-order valence-electron chi connectivity index (χ3n) is 0.700. The number of urea groups is 1. The summed E-state index contributed by atoms with van der Waals surface area (Å²) in [6, 6.07) is -0.833. The lowest BCUT2D eigenvalue weighted by Crippen LogP contribution is -2.18. The number of nitrogens with zero attached hydrogens (tertiary/aromatic N) is 5. The van der Waals surface area contributed by atoms with E-state index in [-0.39, 0.29) is 5.95 Å². The van der Waals surface area contributed by atoms with Crippen molar-refractivity contribution in [1.82, 2.24) is 20.2 Å². The highest BCUT2D eigenvalue weighted by atomic mass is 16.7. The Morgan fingerprint density at radius 3 is 2.43 bits per heavy atom. The van der Waals surface area contributed by atoms with Gasteiger partial charge in [-0.25, -0.2) is 14.9 Å². The fourth-order valence-corrected chi connectivity index (χ4v) is 0.411. The first kappa shape index (κ1) is 11.5. The summed E-state index contributed by atoms with van der Waals surface area (Å²) in [4.78, 5) is 19.9. The first-order chi connectivity index (χ1) is 6.41. The lowest BCUT2D eigenvalue weighted by Gasteiger charge is -1.84. The van der Waals surface area contributed by atoms with Crippen molar-refractivity contribution < 1.29 is 9.83 Å². The van der Waals surface area contributed by atoms with Gasteiger partial charge in [0.25, 0.3) is 0 Å². The molecule has 11 nitrogen and oxygen atoms in total. The predicted octanol–water partition coefficient (Wildman–Crippen LogP) is -2.16. The summed E-state index contributed by atoms with van der Waals surface area (Å²) in [5.74, 6) is -0.118. The zero-order valence-electron chi connectivity index (χ0n) is 7.12. The van der Waals surface area contributed by atoms with Gasteiger partial charge in [-0.15, -0.1) is 5.10 Å². The maximum absolute atomic E-state index is 9.76. The zero-order chi connectivity index (χ0) is 11.1. The van der Waals surface area contributed by atoms with Gasteiger partial charge in [0.05, 0.1) is 7.05 Å². The van der Waals surface area contributed by atoms with Crippen LogP contribution in [-0.2, 0) is 7.05 Å². The molecule has 0 fully saturated rings. The summed E-state index contributed by atoms with van der Waals surface area (Å²) >= 11 is 0. The molecule has 0 aliphatic carbocycles. The average molecular weight is 204 g/mol. The third kappa shape index (κ3) is 6.26. The second-order valence-electron chi connectivity index (χ2n) is 1.87. The van der Waals surface area contributed by atoms with Gasteiger partial charge in [0, 0.05) is 0 Å². The Morgan fingerprint density at radius 1 is 1.64 bits per heavy atom. The first-order valence-corrected chi connectivity index (χ1v) is 3.11. The highest BCUT2D eigenvalue weighted by molar-refractivity contribution is 5.69. The Hall–Kier alpha value is -2.46. The summed E-state index contributed by atoms with van der Waals surface area (Å²) in [5, 5.41) is 19.2. The second kappa shape index (κ2) is 5.23. The van der Waals surface area contributed by atoms with E-state index in [2.05, 4.69) is 26.9 Å². The van der Waals surface area contributed by atoms with Gasteiger partial charge in [-0.1, -0.05) is 10.5 Å². The van der Waals surface area contributed by atoms with Gasteiger partial charge in [0.15, 0.2) is 5.03 Å². The molecule has 78 valence electrons. The van der Waals surface area contributed by atoms with Crippen molar-refractivity contribution in [2.24, 2.45) is 18.5 Å². The summed E-state index contributed by atoms with van der Waals surface area (Å²) in [6.45, 7) is 0. The smallest absolute Gasteiger partial charge is 0.323 e. The van der Waals surface area contributed by atoms with Crippen LogP contribution in [0.4, 0.5) is 10.7 Å². The van der Waals surface area contributed by atoms with Crippen LogP contribution in [0, 0.1) is 10.1 Å². The summed E-state index contributed by atoms with van der Waals surface area (Å²) < 4.78 is 0. The number of aryl methyl sites for hydroxylation is 1. The van der Waals surface area contributed by atoms with Crippen molar-refractivity contribution in [3.63, 3.8) is 0 Å². The number of nitrogens with two attached hydrogens (primary N) is 2. The number of aromatic nitrogens is 4. The van der Waals surface area contributed by atoms with E-state index in [9.17, 15) is 10.1 Å². The molecule has 0 bridgehead atoms. The van der Waals surface area contributed by atoms with Crippen LogP contribution in [0.5, 0.6) is 0 Å². The second-order valence-corrected chi connectivity index (χ2v) is 1.87. The first-order valence-electron chi connectivity index (χ1n) is 3.11. The molecule has 0 radical (unpaired) electrons. The molecular weight excluding hydrogens is 196 g/mol. The van der Waals surface area contributed by atoms with Gasteiger partial charge >= 0.3 is 12.0 Å². The van der Waals surface area contributed by atoms with Crippen molar-refractivity contribution in [2.75, 3.05) is 5.43 Å². The third-order valence-corrected chi connectivity index (χ3v) is 0.700. The number of tetrazole rings is 1. The molecule has 0 spiro atoms. The van der Waals surface area contributed by atoms with Crippen molar-refractivity contribution in [2.45, 2.75) is 0 Å². The number of anilines is 1. The van der Waals surface area contributed by atoms with E-state index in [0.29, 0.717) is 0 Å². The molecule has 2 amide bonds. The normalized spacial score (nSPS) is 8.36. The van der Waals surface area contributed by atoms with E-state index in [1.165, 1.54) is 7.05 Å². The van der Waals surface area contributed by atoms with E-state index in [0.717, 1.165) is 4.80 Å². The minimum Gasteiger partial charge on any atom is -0.352 e. The number of primary amides is 2. The maximum atomic E-state index is 9.76. The fourth-order valence-electron chi connectivity index (χ4n) is 0.411. The van der Waals surface area contributed by atoms with Crippen molar-refractivity contribution in [3.8, 4) is 0 Å². The zero-order valence-corrected chi connectivity index (χ0v) is 7.12. The van der Waals surface area contributed by atoms with Crippen molar-refractivity contribution >= 4 is 12.0 Å². The molecule has 1 aromatic rings. The minimum atomic E-state index is -0.833. The van der Waals surface area contributed by atoms with Crippen LogP contribution in [-0.4, -0.2) is 31.3 Å². The van der Waals surface area contributed by atoms with E-state index < -0.39 is 11.1 Å². The van der Waals surface area contributed by atoms with Crippen molar-refractivity contribution in [1.29, 1.82) is 0 Å². The van der Waals surface area contributed by atoms with Gasteiger partial charge in [0.2, 0.25) is 0 Å². The summed E-state index contributed by atoms with van der Waals surface area (Å²) in [6.07, 6.45) is 0. The van der Waals surface area contributed by atoms with Crippen molar-refractivity contribution in [3.05, 3.63) is 10.1 Å². The molecule has 1 heterocycles. The van der Waals surface area contributed by atoms with Gasteiger partial charge in [-0.2, -0.15) is 4.80 Å². The topological polar surface area (TPSA) is 168 Å². The Kier molecular flexibility index (Phi) is 4.31. The SMILES string of the molecule is Cn1nnc(N[N+](=O)[O-])n1.NC(N)=O. The summed E-state index contributed by atoms with van der Waals surface area (Å²) in [5.41, 5.74) is 10.2. The number of rotatable bonds is 2. The van der Waals surface area contributed by atoms with E-state index in [1.54, 1.807) is 5.43 Å². The largest absolute Gasteiger partial charge is 0.352 e. The Labute approximate surface area is 77.2 Å². The number of nitrogens with one attached hydrogen (secondary N) is 1. The van der Waals surface area contributed by atoms with Gasteiger partial charge in [-0.05, 0) is 5.21 Å². The highest BCUT2D eigenvalue weighted by Crippen LogP contribution is 1.89. The molecule has 1 rings (SSSR count). The molecule has 0 aliphatic heterocycles. The Bertz CT molecular complexity index is 315. The van der Waals surface area contributed by atoms with E-state index in [1.807, 2.05) is 0 Å². The standard InChI is InChI=1S/C2H4N6O2.CH4N2O/c1-7-4-2(3-6-7)5-8(9)10;2-1(3)4/h1H3,(H,4,5);(H4,2,3,4). The molecule has 1 aromatic heterocycles. The van der Waals surface area contributed by atoms with E-state index >= 15 is 0 Å².